The van der Waals surface area contributed by atoms with Crippen molar-refractivity contribution in [2.75, 3.05) is 0 Å². The minimum atomic E-state index is 0.114. The van der Waals surface area contributed by atoms with Crippen molar-refractivity contribution in [2.45, 2.75) is 145 Å². The van der Waals surface area contributed by atoms with Crippen LogP contribution in [0.1, 0.15) is 133 Å². The van der Waals surface area contributed by atoms with Gasteiger partial charge in [0.1, 0.15) is 0 Å². The monoisotopic (exact) mass is 558 g/mol. The van der Waals surface area contributed by atoms with Gasteiger partial charge in [-0.05, 0) is 133 Å². The highest BCUT2D eigenvalue weighted by Gasteiger charge is 2.46. The van der Waals surface area contributed by atoms with Gasteiger partial charge in [0, 0.05) is 0 Å². The van der Waals surface area contributed by atoms with E-state index < -0.39 is 0 Å². The van der Waals surface area contributed by atoms with Gasteiger partial charge in [-0.15, -0.1) is 0 Å². The lowest BCUT2D eigenvalue weighted by molar-refractivity contribution is 0.320. The Morgan fingerprint density at radius 2 is 0.951 bits per heavy atom. The summed E-state index contributed by atoms with van der Waals surface area (Å²) in [6, 6.07) is 0. The number of hydrogen-bond acceptors (Lipinski definition) is 1. The Hall–Kier alpha value is -2.38. The van der Waals surface area contributed by atoms with E-state index >= 15 is 0 Å². The lowest BCUT2D eigenvalue weighted by Gasteiger charge is -2.02. The summed E-state index contributed by atoms with van der Waals surface area (Å²) >= 11 is 0. The second-order valence-corrected chi connectivity index (χ2v) is 13.0. The Bertz CT molecular complexity index is 1050. The van der Waals surface area contributed by atoms with E-state index in [0.29, 0.717) is 6.10 Å². The molecule has 0 aromatic heterocycles. The maximum absolute atomic E-state index is 5.69. The molecule has 1 aliphatic heterocycles. The molecular weight excluding hydrogens is 496 g/mol. The second kappa shape index (κ2) is 20.5. The first kappa shape index (κ1) is 36.6. The Balaban J connectivity index is 2.29. The van der Waals surface area contributed by atoms with Crippen LogP contribution in [0, 0.1) is 0 Å². The quantitative estimate of drug-likeness (QED) is 0.0872. The zero-order valence-corrected chi connectivity index (χ0v) is 28.4. The van der Waals surface area contributed by atoms with Gasteiger partial charge in [0.2, 0.25) is 0 Å². The number of hydrogen-bond donors (Lipinski definition) is 0. The van der Waals surface area contributed by atoms with Gasteiger partial charge in [-0.2, -0.15) is 0 Å². The Kier molecular flexibility index (Phi) is 18.3. The number of epoxide rings is 1. The molecular formula is C40H62O. The summed E-state index contributed by atoms with van der Waals surface area (Å²) in [5, 5.41) is 0. The summed E-state index contributed by atoms with van der Waals surface area (Å²) in [4.78, 5) is 0. The smallest absolute Gasteiger partial charge is 0.0892 e. The van der Waals surface area contributed by atoms with Crippen LogP contribution in [-0.4, -0.2) is 11.7 Å². The minimum Gasteiger partial charge on any atom is -0.367 e. The predicted molar refractivity (Wildman–Crippen MR) is 185 cm³/mol. The average Bonchev–Trinajstić information content (AvgIpc) is 3.51. The van der Waals surface area contributed by atoms with Gasteiger partial charge in [-0.3, -0.25) is 0 Å². The second-order valence-electron chi connectivity index (χ2n) is 13.0. The molecule has 1 heteroatoms. The molecule has 1 fully saturated rings. The van der Waals surface area contributed by atoms with Crippen LogP contribution in [0.3, 0.4) is 0 Å². The van der Waals surface area contributed by atoms with Gasteiger partial charge in [0.25, 0.3) is 0 Å². The number of allylic oxidation sites excluding steroid dienone is 18. The third kappa shape index (κ3) is 20.2. The normalized spacial score (nSPS) is 19.0. The van der Waals surface area contributed by atoms with E-state index in [2.05, 4.69) is 136 Å². The molecule has 0 radical (unpaired) electrons. The van der Waals surface area contributed by atoms with Crippen molar-refractivity contribution in [3.8, 4) is 0 Å². The lowest BCUT2D eigenvalue weighted by atomic mass is 10.0. The van der Waals surface area contributed by atoms with Crippen LogP contribution in [0.15, 0.2) is 106 Å². The zero-order valence-electron chi connectivity index (χ0n) is 28.4. The molecule has 0 aromatic carbocycles. The molecule has 0 aromatic rings. The number of ether oxygens (including phenoxy) is 1. The van der Waals surface area contributed by atoms with E-state index in [1.54, 1.807) is 0 Å². The maximum atomic E-state index is 5.69. The van der Waals surface area contributed by atoms with Crippen molar-refractivity contribution in [3.05, 3.63) is 106 Å². The van der Waals surface area contributed by atoms with E-state index in [0.717, 1.165) is 51.4 Å². The molecule has 0 amide bonds. The summed E-state index contributed by atoms with van der Waals surface area (Å²) < 4.78 is 5.69. The van der Waals surface area contributed by atoms with Gasteiger partial charge >= 0.3 is 0 Å². The highest BCUT2D eigenvalue weighted by molar-refractivity contribution is 5.27. The van der Waals surface area contributed by atoms with Crippen molar-refractivity contribution in [3.63, 3.8) is 0 Å². The first-order valence-electron chi connectivity index (χ1n) is 16.0. The fourth-order valence-electron chi connectivity index (χ4n) is 4.64. The van der Waals surface area contributed by atoms with Gasteiger partial charge in [0.15, 0.2) is 0 Å². The van der Waals surface area contributed by atoms with Crippen LogP contribution in [0.25, 0.3) is 0 Å². The van der Waals surface area contributed by atoms with Crippen molar-refractivity contribution in [2.24, 2.45) is 0 Å². The van der Waals surface area contributed by atoms with Crippen LogP contribution < -0.4 is 0 Å². The van der Waals surface area contributed by atoms with Crippen molar-refractivity contribution in [1.29, 1.82) is 0 Å². The fourth-order valence-corrected chi connectivity index (χ4v) is 4.64. The summed E-state index contributed by atoms with van der Waals surface area (Å²) in [6.45, 7) is 22.1. The van der Waals surface area contributed by atoms with Crippen molar-refractivity contribution < 1.29 is 4.74 Å². The van der Waals surface area contributed by atoms with E-state index in [4.69, 9.17) is 4.74 Å². The molecule has 1 nitrogen and oxygen atoms in total. The molecule has 0 aliphatic carbocycles. The Labute approximate surface area is 255 Å². The molecule has 0 spiro atoms. The molecule has 1 aliphatic rings. The lowest BCUT2D eigenvalue weighted by Crippen LogP contribution is -2.02. The maximum Gasteiger partial charge on any atom is 0.0892 e. The molecule has 1 atom stereocenters. The Morgan fingerprint density at radius 1 is 0.537 bits per heavy atom. The number of rotatable bonds is 19. The summed E-state index contributed by atoms with van der Waals surface area (Å²) in [6.07, 6.45) is 36.8. The molecule has 0 N–H and O–H groups in total. The topological polar surface area (TPSA) is 12.5 Å². The van der Waals surface area contributed by atoms with E-state index in [1.165, 1.54) is 51.9 Å². The molecule has 0 bridgehead atoms. The van der Waals surface area contributed by atoms with Crippen LogP contribution >= 0.6 is 0 Å². The fraction of sp³-hybridized carbons (Fsp3) is 0.550. The van der Waals surface area contributed by atoms with Gasteiger partial charge < -0.3 is 4.74 Å². The molecule has 1 unspecified atom stereocenters. The van der Waals surface area contributed by atoms with Gasteiger partial charge in [0.05, 0.1) is 11.7 Å². The highest BCUT2D eigenvalue weighted by atomic mass is 16.6. The third-order valence-electron chi connectivity index (χ3n) is 7.74. The summed E-state index contributed by atoms with van der Waals surface area (Å²) in [5.41, 5.74) is 10.1. The molecule has 1 rings (SSSR count). The van der Waals surface area contributed by atoms with E-state index in [1.807, 2.05) is 0 Å². The minimum absolute atomic E-state index is 0.114. The third-order valence-corrected chi connectivity index (χ3v) is 7.74. The average molecular weight is 559 g/mol. The zero-order chi connectivity index (χ0) is 30.7. The van der Waals surface area contributed by atoms with E-state index in [9.17, 15) is 0 Å². The standard InChI is InChI=1S/C40H62O/c1-32(2)18-13-21-35(5)24-16-27-36(6)25-14-22-33(3)19-11-12-20-34(4)23-15-26-37(7)28-17-29-38(8)30-31-39-40(9,10)41-39/h11-12,15,18-20,23-26,29,39H,13-14,16-17,21-22,27-28,30-31H2,1-10H3. The summed E-state index contributed by atoms with van der Waals surface area (Å²) in [5.74, 6) is 0. The van der Waals surface area contributed by atoms with Crippen LogP contribution in [0.4, 0.5) is 0 Å². The van der Waals surface area contributed by atoms with Gasteiger partial charge in [-0.1, -0.05) is 106 Å². The first-order chi connectivity index (χ1) is 19.4. The largest absolute Gasteiger partial charge is 0.367 e. The predicted octanol–water partition coefficient (Wildman–Crippen LogP) is 12.8. The van der Waals surface area contributed by atoms with Crippen molar-refractivity contribution in [1.82, 2.24) is 0 Å². The SMILES string of the molecule is CC(C)=CCCC(C)=CCCC(C)=CCCC(C)=CC=CC=C(C)C=CC=C(C)CCC=C(C)CCC1OC1(C)C. The first-order valence-corrected chi connectivity index (χ1v) is 16.0. The molecule has 228 valence electrons. The molecule has 0 saturated carbocycles. The Morgan fingerprint density at radius 3 is 1.44 bits per heavy atom. The molecule has 1 saturated heterocycles. The summed E-state index contributed by atoms with van der Waals surface area (Å²) in [7, 11) is 0. The molecule has 1 heterocycles. The van der Waals surface area contributed by atoms with Crippen LogP contribution in [-0.2, 0) is 4.74 Å². The van der Waals surface area contributed by atoms with Crippen molar-refractivity contribution >= 4 is 0 Å². The van der Waals surface area contributed by atoms with Crippen LogP contribution in [0.5, 0.6) is 0 Å². The highest BCUT2D eigenvalue weighted by Crippen LogP contribution is 2.39. The molecule has 41 heavy (non-hydrogen) atoms. The van der Waals surface area contributed by atoms with Crippen LogP contribution in [0.2, 0.25) is 0 Å². The van der Waals surface area contributed by atoms with E-state index in [-0.39, 0.29) is 5.60 Å². The van der Waals surface area contributed by atoms with Gasteiger partial charge in [-0.25, -0.2) is 0 Å².